The number of esters is 2. The first-order valence-corrected chi connectivity index (χ1v) is 9.00. The van der Waals surface area contributed by atoms with Gasteiger partial charge in [0.15, 0.2) is 0 Å². The van der Waals surface area contributed by atoms with E-state index < -0.39 is 0 Å². The fourth-order valence-corrected chi connectivity index (χ4v) is 3.52. The minimum absolute atomic E-state index is 0.139. The van der Waals surface area contributed by atoms with Gasteiger partial charge in [0, 0.05) is 12.5 Å². The summed E-state index contributed by atoms with van der Waals surface area (Å²) >= 11 is 0. The van der Waals surface area contributed by atoms with E-state index in [0.717, 1.165) is 31.6 Å². The number of carbonyl (C=O) groups excluding carboxylic acids is 2. The van der Waals surface area contributed by atoms with Gasteiger partial charge in [0.1, 0.15) is 0 Å². The monoisotopic (exact) mass is 324 g/mol. The Balaban J connectivity index is 2.52. The highest BCUT2D eigenvalue weighted by Gasteiger charge is 2.35. The second kappa shape index (κ2) is 10.5. The Morgan fingerprint density at radius 2 is 1.74 bits per heavy atom. The van der Waals surface area contributed by atoms with Crippen LogP contribution in [0, 0.1) is 11.3 Å². The Morgan fingerprint density at radius 3 is 2.26 bits per heavy atom. The summed E-state index contributed by atoms with van der Waals surface area (Å²) in [5.74, 6) is 0.317. The Bertz CT molecular complexity index is 381. The van der Waals surface area contributed by atoms with Crippen LogP contribution in [0.5, 0.6) is 0 Å². The van der Waals surface area contributed by atoms with Crippen LogP contribution in [0.25, 0.3) is 0 Å². The van der Waals surface area contributed by atoms with Crippen LogP contribution in [0.4, 0.5) is 0 Å². The lowest BCUT2D eigenvalue weighted by molar-refractivity contribution is -0.144. The van der Waals surface area contributed by atoms with Gasteiger partial charge in [-0.25, -0.2) is 4.79 Å². The SMILES string of the molecule is C=CC(=O)OCCC1(CCOC(=O)CC)CCC(CCC)CC1. The molecule has 1 rings (SSSR count). The summed E-state index contributed by atoms with van der Waals surface area (Å²) in [4.78, 5) is 22.6. The van der Waals surface area contributed by atoms with Crippen LogP contribution in [-0.2, 0) is 19.1 Å². The average molecular weight is 324 g/mol. The molecule has 0 spiro atoms. The molecule has 1 saturated carbocycles. The molecule has 132 valence electrons. The lowest BCUT2D eigenvalue weighted by atomic mass is 9.66. The normalized spacial score (nSPS) is 24.0. The van der Waals surface area contributed by atoms with Crippen molar-refractivity contribution in [2.24, 2.45) is 11.3 Å². The molecule has 4 nitrogen and oxygen atoms in total. The highest BCUT2D eigenvalue weighted by atomic mass is 16.5. The topological polar surface area (TPSA) is 52.6 Å². The van der Waals surface area contributed by atoms with E-state index in [4.69, 9.17) is 9.47 Å². The van der Waals surface area contributed by atoms with Crippen molar-refractivity contribution in [1.29, 1.82) is 0 Å². The van der Waals surface area contributed by atoms with Gasteiger partial charge in [-0.3, -0.25) is 4.79 Å². The summed E-state index contributed by atoms with van der Waals surface area (Å²) in [6.45, 7) is 8.36. The number of hydrogen-bond donors (Lipinski definition) is 0. The largest absolute Gasteiger partial charge is 0.466 e. The minimum Gasteiger partial charge on any atom is -0.466 e. The van der Waals surface area contributed by atoms with Crippen molar-refractivity contribution in [2.45, 2.75) is 71.6 Å². The zero-order valence-corrected chi connectivity index (χ0v) is 14.8. The van der Waals surface area contributed by atoms with E-state index in [9.17, 15) is 9.59 Å². The van der Waals surface area contributed by atoms with Crippen LogP contribution in [0.3, 0.4) is 0 Å². The van der Waals surface area contributed by atoms with Crippen LogP contribution in [0.15, 0.2) is 12.7 Å². The number of carbonyl (C=O) groups is 2. The van der Waals surface area contributed by atoms with Crippen LogP contribution in [0.2, 0.25) is 0 Å². The van der Waals surface area contributed by atoms with Crippen molar-refractivity contribution >= 4 is 11.9 Å². The molecule has 0 aliphatic heterocycles. The van der Waals surface area contributed by atoms with Crippen molar-refractivity contribution in [3.63, 3.8) is 0 Å². The molecule has 0 bridgehead atoms. The second-order valence-electron chi connectivity index (χ2n) is 6.68. The maximum Gasteiger partial charge on any atom is 0.330 e. The smallest absolute Gasteiger partial charge is 0.330 e. The van der Waals surface area contributed by atoms with E-state index in [-0.39, 0.29) is 17.4 Å². The van der Waals surface area contributed by atoms with Gasteiger partial charge in [-0.15, -0.1) is 0 Å². The predicted octanol–water partition coefficient (Wildman–Crippen LogP) is 4.43. The highest BCUT2D eigenvalue weighted by Crippen LogP contribution is 2.45. The Kier molecular flexibility index (Phi) is 8.97. The standard InChI is InChI=1S/C19H32O4/c1-4-7-16-8-10-19(11-9-16,12-14-22-17(20)5-2)13-15-23-18(21)6-3/h5,16H,2,4,6-15H2,1,3H3. The van der Waals surface area contributed by atoms with Crippen molar-refractivity contribution < 1.29 is 19.1 Å². The maximum atomic E-state index is 11.3. The molecule has 1 fully saturated rings. The van der Waals surface area contributed by atoms with E-state index in [1.807, 2.05) is 6.92 Å². The highest BCUT2D eigenvalue weighted by molar-refractivity contribution is 5.81. The number of ether oxygens (including phenoxy) is 2. The van der Waals surface area contributed by atoms with Gasteiger partial charge in [-0.05, 0) is 49.9 Å². The van der Waals surface area contributed by atoms with Crippen molar-refractivity contribution in [1.82, 2.24) is 0 Å². The number of rotatable bonds is 10. The average Bonchev–Trinajstić information content (AvgIpc) is 2.57. The summed E-state index contributed by atoms with van der Waals surface area (Å²) in [5.41, 5.74) is 0.139. The molecule has 0 aromatic rings. The summed E-state index contributed by atoms with van der Waals surface area (Å²) in [7, 11) is 0. The van der Waals surface area contributed by atoms with Gasteiger partial charge in [-0.2, -0.15) is 0 Å². The molecule has 0 N–H and O–H groups in total. The number of hydrogen-bond acceptors (Lipinski definition) is 4. The molecular weight excluding hydrogens is 292 g/mol. The van der Waals surface area contributed by atoms with Crippen LogP contribution < -0.4 is 0 Å². The zero-order valence-electron chi connectivity index (χ0n) is 14.8. The first kappa shape index (κ1) is 19.7. The van der Waals surface area contributed by atoms with E-state index >= 15 is 0 Å². The van der Waals surface area contributed by atoms with Crippen molar-refractivity contribution in [3.05, 3.63) is 12.7 Å². The first-order valence-electron chi connectivity index (χ1n) is 9.00. The molecule has 0 radical (unpaired) electrons. The van der Waals surface area contributed by atoms with Crippen LogP contribution >= 0.6 is 0 Å². The van der Waals surface area contributed by atoms with Crippen molar-refractivity contribution in [3.8, 4) is 0 Å². The Morgan fingerprint density at radius 1 is 1.13 bits per heavy atom. The summed E-state index contributed by atoms with van der Waals surface area (Å²) in [6.07, 6.45) is 10.6. The first-order chi connectivity index (χ1) is 11.0. The molecule has 0 heterocycles. The fraction of sp³-hybridized carbons (Fsp3) is 0.789. The van der Waals surface area contributed by atoms with E-state index in [1.165, 1.54) is 31.8 Å². The van der Waals surface area contributed by atoms with Crippen LogP contribution in [-0.4, -0.2) is 25.2 Å². The van der Waals surface area contributed by atoms with Gasteiger partial charge in [0.25, 0.3) is 0 Å². The zero-order chi connectivity index (χ0) is 17.1. The van der Waals surface area contributed by atoms with Crippen molar-refractivity contribution in [2.75, 3.05) is 13.2 Å². The third-order valence-corrected chi connectivity index (χ3v) is 5.09. The third kappa shape index (κ3) is 7.19. The molecule has 1 aliphatic rings. The second-order valence-corrected chi connectivity index (χ2v) is 6.68. The van der Waals surface area contributed by atoms with Gasteiger partial charge in [0.2, 0.25) is 0 Å². The lowest BCUT2D eigenvalue weighted by Crippen LogP contribution is -2.31. The Labute approximate surface area is 140 Å². The summed E-state index contributed by atoms with van der Waals surface area (Å²) in [5, 5.41) is 0. The molecule has 4 heteroatoms. The predicted molar refractivity (Wildman–Crippen MR) is 90.9 cm³/mol. The molecule has 1 aliphatic carbocycles. The lowest BCUT2D eigenvalue weighted by Gasteiger charge is -2.40. The molecule has 0 aromatic carbocycles. The molecule has 0 unspecified atom stereocenters. The van der Waals surface area contributed by atoms with Gasteiger partial charge < -0.3 is 9.47 Å². The van der Waals surface area contributed by atoms with E-state index in [0.29, 0.717) is 19.6 Å². The molecular formula is C19H32O4. The van der Waals surface area contributed by atoms with E-state index in [1.54, 1.807) is 0 Å². The van der Waals surface area contributed by atoms with Gasteiger partial charge in [-0.1, -0.05) is 33.3 Å². The quantitative estimate of drug-likeness (QED) is 0.441. The minimum atomic E-state index is -0.364. The Hall–Kier alpha value is -1.32. The molecule has 0 atom stereocenters. The molecule has 0 saturated heterocycles. The van der Waals surface area contributed by atoms with E-state index in [2.05, 4.69) is 13.5 Å². The summed E-state index contributed by atoms with van der Waals surface area (Å²) < 4.78 is 10.5. The third-order valence-electron chi connectivity index (χ3n) is 5.09. The maximum absolute atomic E-state index is 11.3. The molecule has 23 heavy (non-hydrogen) atoms. The summed E-state index contributed by atoms with van der Waals surface area (Å²) in [6, 6.07) is 0. The molecule has 0 aromatic heterocycles. The molecule has 0 amide bonds. The van der Waals surface area contributed by atoms with Crippen LogP contribution in [0.1, 0.15) is 71.6 Å². The van der Waals surface area contributed by atoms with Gasteiger partial charge >= 0.3 is 11.9 Å². The van der Waals surface area contributed by atoms with Gasteiger partial charge in [0.05, 0.1) is 13.2 Å². The fourth-order valence-electron chi connectivity index (χ4n) is 3.52.